The van der Waals surface area contributed by atoms with Crippen LogP contribution in [0.2, 0.25) is 5.02 Å². The van der Waals surface area contributed by atoms with Crippen LogP contribution in [0.4, 0.5) is 0 Å². The maximum absolute atomic E-state index is 11.8. The highest BCUT2D eigenvalue weighted by Crippen LogP contribution is 2.24. The average molecular weight is 290 g/mol. The molecule has 0 aliphatic heterocycles. The Balaban J connectivity index is 1.79. The van der Waals surface area contributed by atoms with Gasteiger partial charge >= 0.3 is 0 Å². The fourth-order valence-corrected chi connectivity index (χ4v) is 1.91. The van der Waals surface area contributed by atoms with Gasteiger partial charge in [0.1, 0.15) is 12.4 Å². The van der Waals surface area contributed by atoms with E-state index in [9.17, 15) is 4.79 Å². The van der Waals surface area contributed by atoms with Crippen LogP contribution in [0.25, 0.3) is 0 Å². The van der Waals surface area contributed by atoms with E-state index < -0.39 is 0 Å². The summed E-state index contributed by atoms with van der Waals surface area (Å²) in [5.74, 6) is 0.533. The predicted molar refractivity (Wildman–Crippen MR) is 80.5 cm³/mol. The molecule has 3 nitrogen and oxygen atoms in total. The maximum Gasteiger partial charge on any atom is 0.251 e. The van der Waals surface area contributed by atoms with Gasteiger partial charge in [-0.15, -0.1) is 0 Å². The van der Waals surface area contributed by atoms with Crippen LogP contribution in [0.3, 0.4) is 0 Å². The lowest BCUT2D eigenvalue weighted by atomic mass is 10.2. The lowest BCUT2D eigenvalue weighted by molar-refractivity contribution is 0.0947. The molecular weight excluding hydrogens is 274 g/mol. The highest BCUT2D eigenvalue weighted by atomic mass is 35.5. The van der Waals surface area contributed by atoms with E-state index in [4.69, 9.17) is 16.3 Å². The molecule has 20 heavy (non-hydrogen) atoms. The Kier molecular flexibility index (Phi) is 5.02. The van der Waals surface area contributed by atoms with Crippen molar-refractivity contribution in [3.63, 3.8) is 0 Å². The van der Waals surface area contributed by atoms with Crippen LogP contribution in [0.5, 0.6) is 5.75 Å². The first kappa shape index (κ1) is 14.4. The highest BCUT2D eigenvalue weighted by molar-refractivity contribution is 6.32. The molecule has 0 saturated carbocycles. The van der Waals surface area contributed by atoms with Gasteiger partial charge in [0, 0.05) is 5.56 Å². The summed E-state index contributed by atoms with van der Waals surface area (Å²) < 4.78 is 5.56. The van der Waals surface area contributed by atoms with Crippen molar-refractivity contribution in [2.24, 2.45) is 0 Å². The molecule has 0 aromatic heterocycles. The van der Waals surface area contributed by atoms with Gasteiger partial charge in [-0.05, 0) is 36.8 Å². The molecule has 2 rings (SSSR count). The molecule has 0 saturated heterocycles. The Morgan fingerprint density at radius 2 is 1.95 bits per heavy atom. The van der Waals surface area contributed by atoms with Crippen LogP contribution in [0.15, 0.2) is 48.5 Å². The van der Waals surface area contributed by atoms with Gasteiger partial charge in [0.15, 0.2) is 0 Å². The van der Waals surface area contributed by atoms with E-state index in [0.717, 1.165) is 5.56 Å². The fraction of sp³-hybridized carbons (Fsp3) is 0.188. The molecule has 0 spiro atoms. The molecule has 0 atom stereocenters. The molecule has 104 valence electrons. The van der Waals surface area contributed by atoms with Gasteiger partial charge in [0.25, 0.3) is 5.91 Å². The molecule has 4 heteroatoms. The zero-order chi connectivity index (χ0) is 14.4. The Hall–Kier alpha value is -2.00. The standard InChI is InChI=1S/C16H16ClNO2/c1-12-7-8-14(17)15(11-12)20-10-9-18-16(19)13-5-3-2-4-6-13/h2-8,11H,9-10H2,1H3,(H,18,19). The third kappa shape index (κ3) is 4.00. The van der Waals surface area contributed by atoms with E-state index in [1.165, 1.54) is 0 Å². The summed E-state index contributed by atoms with van der Waals surface area (Å²) in [7, 11) is 0. The monoisotopic (exact) mass is 289 g/mol. The Morgan fingerprint density at radius 1 is 1.20 bits per heavy atom. The number of hydrogen-bond acceptors (Lipinski definition) is 2. The van der Waals surface area contributed by atoms with Crippen molar-refractivity contribution in [1.82, 2.24) is 5.32 Å². The summed E-state index contributed by atoms with van der Waals surface area (Å²) in [6, 6.07) is 14.7. The van der Waals surface area contributed by atoms with Crippen LogP contribution < -0.4 is 10.1 Å². The molecule has 0 bridgehead atoms. The van der Waals surface area contributed by atoms with Crippen LogP contribution in [0.1, 0.15) is 15.9 Å². The first-order chi connectivity index (χ1) is 9.66. The van der Waals surface area contributed by atoms with Crippen LogP contribution in [-0.4, -0.2) is 19.1 Å². The average Bonchev–Trinajstić information content (AvgIpc) is 2.47. The number of rotatable bonds is 5. The van der Waals surface area contributed by atoms with Crippen molar-refractivity contribution in [2.75, 3.05) is 13.2 Å². The molecule has 0 heterocycles. The largest absolute Gasteiger partial charge is 0.490 e. The van der Waals surface area contributed by atoms with E-state index in [0.29, 0.717) is 29.5 Å². The van der Waals surface area contributed by atoms with E-state index in [1.54, 1.807) is 18.2 Å². The summed E-state index contributed by atoms with van der Waals surface area (Å²) in [5, 5.41) is 3.37. The molecule has 2 aromatic carbocycles. The third-order valence-electron chi connectivity index (χ3n) is 2.77. The number of nitrogens with one attached hydrogen (secondary N) is 1. The Bertz CT molecular complexity index is 584. The molecule has 0 aliphatic rings. The quantitative estimate of drug-likeness (QED) is 0.856. The summed E-state index contributed by atoms with van der Waals surface area (Å²) >= 11 is 6.02. The van der Waals surface area contributed by atoms with Gasteiger partial charge < -0.3 is 10.1 Å². The number of aryl methyl sites for hydroxylation is 1. The second-order valence-corrected chi connectivity index (χ2v) is 4.81. The van der Waals surface area contributed by atoms with Gasteiger partial charge in [-0.25, -0.2) is 0 Å². The zero-order valence-corrected chi connectivity index (χ0v) is 12.0. The van der Waals surface area contributed by atoms with Gasteiger partial charge in [-0.2, -0.15) is 0 Å². The number of carbonyl (C=O) groups is 1. The molecule has 1 N–H and O–H groups in total. The molecule has 0 aliphatic carbocycles. The Morgan fingerprint density at radius 3 is 2.70 bits per heavy atom. The second kappa shape index (κ2) is 6.96. The number of benzene rings is 2. The second-order valence-electron chi connectivity index (χ2n) is 4.40. The first-order valence-electron chi connectivity index (χ1n) is 6.39. The molecule has 2 aromatic rings. The van der Waals surface area contributed by atoms with Crippen molar-refractivity contribution in [3.8, 4) is 5.75 Å². The Labute approximate surface area is 123 Å². The van der Waals surface area contributed by atoms with Crippen LogP contribution in [0, 0.1) is 6.92 Å². The van der Waals surface area contributed by atoms with E-state index >= 15 is 0 Å². The molecular formula is C16H16ClNO2. The lowest BCUT2D eigenvalue weighted by Crippen LogP contribution is -2.28. The maximum atomic E-state index is 11.8. The first-order valence-corrected chi connectivity index (χ1v) is 6.77. The minimum atomic E-state index is -0.107. The van der Waals surface area contributed by atoms with Crippen molar-refractivity contribution in [1.29, 1.82) is 0 Å². The van der Waals surface area contributed by atoms with Crippen molar-refractivity contribution >= 4 is 17.5 Å². The normalized spacial score (nSPS) is 10.1. The number of halogens is 1. The van der Waals surface area contributed by atoms with Gasteiger partial charge in [-0.3, -0.25) is 4.79 Å². The van der Waals surface area contributed by atoms with Crippen LogP contribution >= 0.6 is 11.6 Å². The number of amides is 1. The number of ether oxygens (including phenoxy) is 1. The topological polar surface area (TPSA) is 38.3 Å². The van der Waals surface area contributed by atoms with Crippen molar-refractivity contribution < 1.29 is 9.53 Å². The lowest BCUT2D eigenvalue weighted by Gasteiger charge is -2.09. The molecule has 1 amide bonds. The molecule has 0 radical (unpaired) electrons. The van der Waals surface area contributed by atoms with Gasteiger partial charge in [-0.1, -0.05) is 35.9 Å². The SMILES string of the molecule is Cc1ccc(Cl)c(OCCNC(=O)c2ccccc2)c1. The summed E-state index contributed by atoms with van der Waals surface area (Å²) in [6.07, 6.45) is 0. The van der Waals surface area contributed by atoms with E-state index in [2.05, 4.69) is 5.32 Å². The summed E-state index contributed by atoms with van der Waals surface area (Å²) in [5.41, 5.74) is 1.72. The predicted octanol–water partition coefficient (Wildman–Crippen LogP) is 3.46. The minimum Gasteiger partial charge on any atom is -0.490 e. The van der Waals surface area contributed by atoms with E-state index in [-0.39, 0.29) is 5.91 Å². The smallest absolute Gasteiger partial charge is 0.251 e. The fourth-order valence-electron chi connectivity index (χ4n) is 1.74. The summed E-state index contributed by atoms with van der Waals surface area (Å²) in [4.78, 5) is 11.8. The number of hydrogen-bond donors (Lipinski definition) is 1. The van der Waals surface area contributed by atoms with E-state index in [1.807, 2.05) is 37.3 Å². The minimum absolute atomic E-state index is 0.107. The van der Waals surface area contributed by atoms with Crippen molar-refractivity contribution in [2.45, 2.75) is 6.92 Å². The highest BCUT2D eigenvalue weighted by Gasteiger charge is 2.04. The van der Waals surface area contributed by atoms with Gasteiger partial charge in [0.05, 0.1) is 11.6 Å². The van der Waals surface area contributed by atoms with Crippen molar-refractivity contribution in [3.05, 3.63) is 64.7 Å². The molecule has 0 fully saturated rings. The summed E-state index contributed by atoms with van der Waals surface area (Å²) in [6.45, 7) is 2.78. The van der Waals surface area contributed by atoms with Gasteiger partial charge in [0.2, 0.25) is 0 Å². The van der Waals surface area contributed by atoms with Crippen LogP contribution in [-0.2, 0) is 0 Å². The third-order valence-corrected chi connectivity index (χ3v) is 3.08. The molecule has 0 unspecified atom stereocenters. The zero-order valence-electron chi connectivity index (χ0n) is 11.2. The number of carbonyl (C=O) groups excluding carboxylic acids is 1.